The van der Waals surface area contributed by atoms with Gasteiger partial charge in [0.2, 0.25) is 0 Å². The fourth-order valence-corrected chi connectivity index (χ4v) is 2.77. The van der Waals surface area contributed by atoms with Crippen LogP contribution in [0.1, 0.15) is 12.5 Å². The first-order valence-corrected chi connectivity index (χ1v) is 8.66. The molecule has 0 heterocycles. The predicted octanol–water partition coefficient (Wildman–Crippen LogP) is 0.490. The van der Waals surface area contributed by atoms with E-state index >= 15 is 0 Å². The molecule has 0 aliphatic heterocycles. The first-order chi connectivity index (χ1) is 7.31. The number of fused-ring (bicyclic) bond motifs is 1. The van der Waals surface area contributed by atoms with Crippen molar-refractivity contribution in [2.24, 2.45) is 0 Å². The zero-order valence-electron chi connectivity index (χ0n) is 9.20. The van der Waals surface area contributed by atoms with Crippen molar-refractivity contribution in [3.05, 3.63) is 48.0 Å². The normalized spacial score (nSPS) is 13.2. The van der Waals surface area contributed by atoms with Crippen LogP contribution in [0, 0.1) is 0 Å². The Morgan fingerprint density at radius 2 is 1.80 bits per heavy atom. The van der Waals surface area contributed by atoms with Gasteiger partial charge in [-0.25, -0.2) is 0 Å². The Bertz CT molecular complexity index is 443. The van der Waals surface area contributed by atoms with Gasteiger partial charge in [-0.05, 0) is 0 Å². The van der Waals surface area contributed by atoms with Gasteiger partial charge in [0.1, 0.15) is 0 Å². The van der Waals surface area contributed by atoms with E-state index in [1.807, 2.05) is 0 Å². The molecule has 0 bridgehead atoms. The van der Waals surface area contributed by atoms with Crippen molar-refractivity contribution in [2.75, 3.05) is 4.93 Å². The fraction of sp³-hybridized carbons (Fsp3) is 0.286. The molecule has 0 amide bonds. The third kappa shape index (κ3) is 2.51. The van der Waals surface area contributed by atoms with E-state index in [9.17, 15) is 0 Å². The minimum atomic E-state index is 0.362. The molecule has 0 fully saturated rings. The van der Waals surface area contributed by atoms with Crippen LogP contribution < -0.4 is 21.2 Å². The zero-order valence-corrected chi connectivity index (χ0v) is 11.4. The van der Waals surface area contributed by atoms with Gasteiger partial charge in [-0.3, -0.25) is 0 Å². The molecule has 0 radical (unpaired) electrons. The van der Waals surface area contributed by atoms with Crippen molar-refractivity contribution in [1.29, 1.82) is 0 Å². The molecule has 1 atom stereocenters. The molecule has 2 aromatic rings. The molecule has 0 spiro atoms. The number of benzene rings is 2. The summed E-state index contributed by atoms with van der Waals surface area (Å²) in [5.41, 5.74) is 1.52. The van der Waals surface area contributed by atoms with Gasteiger partial charge in [-0.2, -0.15) is 0 Å². The average Bonchev–Trinajstić information content (AvgIpc) is 2.29. The molecule has 0 aliphatic rings. The molecule has 80 valence electrons. The molecule has 2 rings (SSSR count). The van der Waals surface area contributed by atoms with Crippen LogP contribution in [0.15, 0.2) is 42.5 Å². The van der Waals surface area contributed by atoms with Crippen molar-refractivity contribution in [2.45, 2.75) is 17.3 Å². The van der Waals surface area contributed by atoms with Gasteiger partial charge in [-0.15, -0.1) is 0 Å². The minimum absolute atomic E-state index is 0.362. The molecule has 1 unspecified atom stereocenters. The molecule has 0 aliphatic carbocycles. The Balaban J connectivity index is 2.42. The summed E-state index contributed by atoms with van der Waals surface area (Å²) in [5.74, 6) is 0. The second-order valence-electron chi connectivity index (χ2n) is 3.84. The van der Waals surface area contributed by atoms with Gasteiger partial charge in [0.05, 0.1) is 0 Å². The van der Waals surface area contributed by atoms with Crippen LogP contribution >= 0.6 is 0 Å². The Morgan fingerprint density at radius 3 is 2.60 bits per heavy atom. The monoisotopic (exact) mass is 311 g/mol. The summed E-state index contributed by atoms with van der Waals surface area (Å²) in [6.45, 7) is 2.37. The number of hydrogen-bond donors (Lipinski definition) is 0. The second-order valence-corrected chi connectivity index (χ2v) is 7.21. The molecule has 2 aromatic carbocycles. The average molecular weight is 311 g/mol. The summed E-state index contributed by atoms with van der Waals surface area (Å²) in [5, 5.41) is 2.81. The van der Waals surface area contributed by atoms with Crippen LogP contribution in [0.2, 0.25) is 0 Å². The van der Waals surface area contributed by atoms with Gasteiger partial charge in [0, 0.05) is 0 Å². The Labute approximate surface area is 102 Å². The van der Waals surface area contributed by atoms with Crippen molar-refractivity contribution < 1.29 is 21.2 Å². The maximum atomic E-state index is 2.37. The van der Waals surface area contributed by atoms with Gasteiger partial charge in [0.15, 0.2) is 0 Å². The van der Waals surface area contributed by atoms with Gasteiger partial charge < -0.3 is 0 Å². The Morgan fingerprint density at radius 1 is 1.07 bits per heavy atom. The van der Waals surface area contributed by atoms with Gasteiger partial charge in [-0.1, -0.05) is 0 Å². The Kier molecular flexibility index (Phi) is 3.62. The topological polar surface area (TPSA) is 0 Å². The van der Waals surface area contributed by atoms with E-state index in [1.165, 1.54) is 22.8 Å². The molecular weight excluding hydrogens is 295 g/mol. The van der Waals surface area contributed by atoms with Crippen LogP contribution in [-0.4, -0.2) is 8.86 Å². The van der Waals surface area contributed by atoms with Crippen molar-refractivity contribution >= 4 is 10.8 Å². The van der Waals surface area contributed by atoms with Gasteiger partial charge >= 0.3 is 102 Å². The molecule has 0 aromatic heterocycles. The summed E-state index contributed by atoms with van der Waals surface area (Å²) in [7, 11) is 0. The number of rotatable bonds is 3. The molecule has 15 heavy (non-hydrogen) atoms. The van der Waals surface area contributed by atoms with E-state index in [2.05, 4.69) is 54.3 Å². The van der Waals surface area contributed by atoms with Crippen LogP contribution in [0.25, 0.3) is 10.8 Å². The van der Waals surface area contributed by atoms with Crippen LogP contribution in [-0.2, 0) is 6.42 Å². The number of halogens is 1. The first kappa shape index (κ1) is 10.9. The molecular formula is C14H16I-. The summed E-state index contributed by atoms with van der Waals surface area (Å²) in [4.78, 5) is 2.37. The van der Waals surface area contributed by atoms with Crippen LogP contribution in [0.3, 0.4) is 0 Å². The van der Waals surface area contributed by atoms with Gasteiger partial charge in [0.25, 0.3) is 0 Å². The molecule has 0 nitrogen and oxygen atoms in total. The molecule has 0 saturated carbocycles. The maximum absolute atomic E-state index is 2.37. The third-order valence-corrected chi connectivity index (χ3v) is 5.32. The molecule has 0 N–H and O–H groups in total. The third-order valence-electron chi connectivity index (χ3n) is 2.75. The first-order valence-electron chi connectivity index (χ1n) is 5.26. The number of hydrogen-bond acceptors (Lipinski definition) is 0. The SMILES string of the molecule is C[I-]C(C)Cc1cccc2ccccc12. The molecule has 0 saturated heterocycles. The molecule has 1 heteroatoms. The van der Waals surface area contributed by atoms with Crippen molar-refractivity contribution in [3.8, 4) is 0 Å². The van der Waals surface area contributed by atoms with E-state index in [1.54, 1.807) is 0 Å². The zero-order chi connectivity index (χ0) is 10.7. The van der Waals surface area contributed by atoms with E-state index in [-0.39, 0.29) is 0 Å². The van der Waals surface area contributed by atoms with E-state index in [0.29, 0.717) is 21.2 Å². The number of alkyl halides is 2. The quantitative estimate of drug-likeness (QED) is 0.572. The van der Waals surface area contributed by atoms with E-state index in [0.717, 1.165) is 3.92 Å². The second kappa shape index (κ2) is 4.97. The van der Waals surface area contributed by atoms with Crippen molar-refractivity contribution in [1.82, 2.24) is 0 Å². The summed E-state index contributed by atoms with van der Waals surface area (Å²) >= 11 is 0.362. The summed E-state index contributed by atoms with van der Waals surface area (Å²) < 4.78 is 0.884. The van der Waals surface area contributed by atoms with Crippen LogP contribution in [0.4, 0.5) is 0 Å². The van der Waals surface area contributed by atoms with E-state index < -0.39 is 0 Å². The van der Waals surface area contributed by atoms with Crippen molar-refractivity contribution in [3.63, 3.8) is 0 Å². The standard InChI is InChI=1S/C14H16I/c1-11(15-2)10-13-8-5-7-12-6-3-4-9-14(12)13/h3-9,11H,10H2,1-2H3/q-1. The fourth-order valence-electron chi connectivity index (χ4n) is 1.85. The van der Waals surface area contributed by atoms with Crippen LogP contribution in [0.5, 0.6) is 0 Å². The summed E-state index contributed by atoms with van der Waals surface area (Å²) in [6.07, 6.45) is 1.24. The predicted molar refractivity (Wildman–Crippen MR) is 63.0 cm³/mol. The summed E-state index contributed by atoms with van der Waals surface area (Å²) in [6, 6.07) is 15.3. The Hall–Kier alpha value is -0.570. The van der Waals surface area contributed by atoms with E-state index in [4.69, 9.17) is 0 Å².